The lowest BCUT2D eigenvalue weighted by atomic mass is 9.80. The van der Waals surface area contributed by atoms with Crippen molar-refractivity contribution in [2.24, 2.45) is 23.7 Å². The number of ketones is 2. The number of methoxy groups -OCH3 is 4. The van der Waals surface area contributed by atoms with Gasteiger partial charge in [0.05, 0.1) is 36.5 Å². The predicted octanol–water partition coefficient (Wildman–Crippen LogP) is 6.48. The molecule has 4 aliphatic heterocycles. The van der Waals surface area contributed by atoms with Gasteiger partial charge in [-0.1, -0.05) is 27.7 Å². The Morgan fingerprint density at radius 3 is 1.41 bits per heavy atom. The molecule has 2 aromatic carbocycles. The number of ether oxygens (including phenoxy) is 4. The van der Waals surface area contributed by atoms with Crippen molar-refractivity contribution in [2.45, 2.75) is 78.3 Å². The van der Waals surface area contributed by atoms with Gasteiger partial charge in [-0.05, 0) is 84.0 Å². The number of piperidine rings is 2. The van der Waals surface area contributed by atoms with E-state index in [1.165, 1.54) is 14.2 Å². The Balaban J connectivity index is 0.000000201. The van der Waals surface area contributed by atoms with Crippen LogP contribution in [0.5, 0.6) is 23.0 Å². The maximum absolute atomic E-state index is 12.6. The highest BCUT2D eigenvalue weighted by atomic mass is 16.5. The minimum atomic E-state index is -2.52. The zero-order valence-electron chi connectivity index (χ0n) is 34.2. The van der Waals surface area contributed by atoms with Crippen molar-refractivity contribution >= 4 is 11.6 Å². The smallest absolute Gasteiger partial charge is 0.161 e. The molecule has 8 nitrogen and oxygen atoms in total. The molecule has 252 valence electrons. The Morgan fingerprint density at radius 2 is 1.07 bits per heavy atom. The molecule has 2 saturated heterocycles. The van der Waals surface area contributed by atoms with Crippen molar-refractivity contribution < 1.29 is 36.8 Å². The topological polar surface area (TPSA) is 77.5 Å². The Labute approximate surface area is 284 Å². The van der Waals surface area contributed by atoms with Gasteiger partial charge in [-0.2, -0.15) is 0 Å². The van der Waals surface area contributed by atoms with E-state index < -0.39 is 14.1 Å². The molecule has 0 saturated carbocycles. The second-order valence-corrected chi connectivity index (χ2v) is 14.1. The molecule has 4 heterocycles. The average Bonchev–Trinajstić information content (AvgIpc) is 3.03. The molecule has 4 aliphatic rings. The first-order valence-electron chi connectivity index (χ1n) is 19.7. The Morgan fingerprint density at radius 1 is 0.674 bits per heavy atom. The van der Waals surface area contributed by atoms with Crippen LogP contribution in [0.3, 0.4) is 0 Å². The summed E-state index contributed by atoms with van der Waals surface area (Å²) >= 11 is 0. The van der Waals surface area contributed by atoms with Crippen LogP contribution in [0.1, 0.15) is 95.9 Å². The molecule has 2 fully saturated rings. The number of rotatable bonds is 8. The minimum absolute atomic E-state index is 0.0466. The fourth-order valence-corrected chi connectivity index (χ4v) is 7.95. The lowest BCUT2D eigenvalue weighted by molar-refractivity contribution is -0.130. The van der Waals surface area contributed by atoms with Gasteiger partial charge in [-0.25, -0.2) is 0 Å². The lowest BCUT2D eigenvalue weighted by Gasteiger charge is -2.43. The minimum Gasteiger partial charge on any atom is -0.493 e. The van der Waals surface area contributed by atoms with Crippen molar-refractivity contribution in [3.8, 4) is 23.0 Å². The van der Waals surface area contributed by atoms with Gasteiger partial charge in [-0.3, -0.25) is 19.4 Å². The molecule has 0 aliphatic carbocycles. The first kappa shape index (κ1) is 26.9. The van der Waals surface area contributed by atoms with E-state index in [0.717, 1.165) is 74.1 Å². The molecule has 0 bridgehead atoms. The third-order valence-corrected chi connectivity index (χ3v) is 10.1. The summed E-state index contributed by atoms with van der Waals surface area (Å²) in [6, 6.07) is 7.33. The molecular weight excluding hydrogens is 580 g/mol. The molecule has 0 spiro atoms. The average molecular weight is 641 g/mol. The Bertz CT molecular complexity index is 1490. The zero-order chi connectivity index (χ0) is 38.1. The maximum Gasteiger partial charge on any atom is 0.161 e. The molecule has 6 rings (SSSR count). The molecular formula is C38H54N2O6. The van der Waals surface area contributed by atoms with Crippen molar-refractivity contribution in [3.05, 3.63) is 46.5 Å². The van der Waals surface area contributed by atoms with E-state index in [2.05, 4.69) is 37.5 Å². The fourth-order valence-electron chi connectivity index (χ4n) is 7.95. The van der Waals surface area contributed by atoms with E-state index in [4.69, 9.17) is 27.2 Å². The second kappa shape index (κ2) is 14.8. The Kier molecular flexibility index (Phi) is 8.64. The molecule has 0 unspecified atom stereocenters. The highest BCUT2D eigenvalue weighted by Crippen LogP contribution is 2.44. The van der Waals surface area contributed by atoms with Crippen LogP contribution >= 0.6 is 0 Å². The van der Waals surface area contributed by atoms with E-state index >= 15 is 0 Å². The number of carbonyl (C=O) groups is 2. The number of fused-ring (bicyclic) bond motifs is 6. The molecule has 2 aromatic rings. The van der Waals surface area contributed by atoms with Crippen molar-refractivity contribution in [2.75, 3.05) is 54.5 Å². The van der Waals surface area contributed by atoms with E-state index in [1.807, 2.05) is 12.1 Å². The van der Waals surface area contributed by atoms with Gasteiger partial charge < -0.3 is 18.9 Å². The molecule has 0 radical (unpaired) electrons. The second-order valence-electron chi connectivity index (χ2n) is 14.1. The predicted molar refractivity (Wildman–Crippen MR) is 180 cm³/mol. The highest BCUT2D eigenvalue weighted by molar-refractivity contribution is 5.83. The van der Waals surface area contributed by atoms with Crippen LogP contribution in [0, 0.1) is 23.7 Å². The van der Waals surface area contributed by atoms with E-state index in [0.29, 0.717) is 47.7 Å². The van der Waals surface area contributed by atoms with Gasteiger partial charge in [-0.15, -0.1) is 0 Å². The van der Waals surface area contributed by atoms with Crippen LogP contribution in [-0.2, 0) is 22.4 Å². The molecule has 4 atom stereocenters. The number of carbonyl (C=O) groups excluding carboxylic acids is 2. The molecule has 8 heteroatoms. The third kappa shape index (κ3) is 7.23. The lowest BCUT2D eigenvalue weighted by Crippen LogP contribution is -2.46. The van der Waals surface area contributed by atoms with Gasteiger partial charge >= 0.3 is 0 Å². The molecule has 0 aromatic heterocycles. The van der Waals surface area contributed by atoms with Crippen LogP contribution in [-0.4, -0.2) is 75.8 Å². The van der Waals surface area contributed by atoms with Gasteiger partial charge in [0.1, 0.15) is 11.6 Å². The van der Waals surface area contributed by atoms with Crippen molar-refractivity contribution in [1.29, 1.82) is 0 Å². The number of hydrogen-bond acceptors (Lipinski definition) is 8. The van der Waals surface area contributed by atoms with Crippen molar-refractivity contribution in [1.82, 2.24) is 9.80 Å². The normalized spacial score (nSPS) is 26.8. The Hall–Kier alpha value is -3.10. The summed E-state index contributed by atoms with van der Waals surface area (Å²) < 4.78 is 64.9. The zero-order valence-corrected chi connectivity index (χ0v) is 28.2. The molecule has 46 heavy (non-hydrogen) atoms. The monoisotopic (exact) mass is 640 g/mol. The quantitative estimate of drug-likeness (QED) is 0.325. The van der Waals surface area contributed by atoms with E-state index in [-0.39, 0.29) is 35.4 Å². The van der Waals surface area contributed by atoms with Gasteiger partial charge in [0.25, 0.3) is 0 Å². The maximum atomic E-state index is 12.6. The SMILES string of the molecule is [2H]C([2H])([2H])Oc1cc2c(cc1OC)[C@@H]1CC(=O)[C@@H](CC(C)C)CN1CC2.[2H]C([2H])([2H])Oc1cc2c(cc1OC)[C@H]1CC(=O)[C@H](CC(C)C)CN1CC2. The summed E-state index contributed by atoms with van der Waals surface area (Å²) in [6.07, 6.45) is 4.51. The molecule has 0 amide bonds. The van der Waals surface area contributed by atoms with Gasteiger partial charge in [0.2, 0.25) is 0 Å². The highest BCUT2D eigenvalue weighted by Gasteiger charge is 2.40. The van der Waals surface area contributed by atoms with Gasteiger partial charge in [0.15, 0.2) is 23.0 Å². The van der Waals surface area contributed by atoms with Crippen LogP contribution in [0.4, 0.5) is 0 Å². The molecule has 0 N–H and O–H groups in total. The van der Waals surface area contributed by atoms with Gasteiger partial charge in [0, 0.05) is 62.9 Å². The summed E-state index contributed by atoms with van der Waals surface area (Å²) in [7, 11) is -2.04. The third-order valence-electron chi connectivity index (χ3n) is 10.1. The first-order chi connectivity index (χ1) is 24.3. The first-order valence-corrected chi connectivity index (χ1v) is 16.7. The summed E-state index contributed by atoms with van der Waals surface area (Å²) in [4.78, 5) is 30.1. The van der Waals surface area contributed by atoms with Crippen LogP contribution in [0.15, 0.2) is 24.3 Å². The standard InChI is InChI=1S/2C19H27NO3/c2*1-12(2)7-14-11-20-6-5-13-8-18(22-3)19(23-4)9-15(13)16(20)10-17(14)21/h2*8-9,12,14,16H,5-7,10-11H2,1-4H3/t2*14-,16-/m10/s1/i2*3D3. The van der Waals surface area contributed by atoms with E-state index in [9.17, 15) is 9.59 Å². The summed E-state index contributed by atoms with van der Waals surface area (Å²) in [5, 5.41) is 0. The van der Waals surface area contributed by atoms with Crippen molar-refractivity contribution in [3.63, 3.8) is 0 Å². The summed E-state index contributed by atoms with van der Waals surface area (Å²) in [5.41, 5.74) is 4.20. The van der Waals surface area contributed by atoms with Crippen LogP contribution in [0.25, 0.3) is 0 Å². The number of benzene rings is 2. The van der Waals surface area contributed by atoms with Crippen LogP contribution in [0.2, 0.25) is 0 Å². The summed E-state index contributed by atoms with van der Waals surface area (Å²) in [5.74, 6) is 3.19. The largest absolute Gasteiger partial charge is 0.493 e. The van der Waals surface area contributed by atoms with E-state index in [1.54, 1.807) is 12.1 Å². The number of Topliss-reactive ketones (excluding diaryl/α,β-unsaturated/α-hetero) is 2. The number of hydrogen-bond donors (Lipinski definition) is 0. The number of nitrogens with zero attached hydrogens (tertiary/aromatic N) is 2. The summed E-state index contributed by atoms with van der Waals surface area (Å²) in [6.45, 7) is 12.0. The van der Waals surface area contributed by atoms with Crippen LogP contribution < -0.4 is 18.9 Å². The fraction of sp³-hybridized carbons (Fsp3) is 0.632.